The monoisotopic (exact) mass is 491 g/mol. The van der Waals surface area contributed by atoms with Crippen molar-refractivity contribution >= 4 is 52.9 Å². The number of hydrogen-bond donors (Lipinski definition) is 0. The Morgan fingerprint density at radius 3 is 2.29 bits per heavy atom. The molecule has 0 radical (unpaired) electrons. The first-order chi connectivity index (χ1) is 14.6. The van der Waals surface area contributed by atoms with Crippen LogP contribution in [0.2, 0.25) is 10.0 Å². The standard InChI is InChI=1S/C18H19Cl2N3O7S/c1-8(24)27-7-14-16(28-9(2)25)15(22-23-21)17(29-10(3)26)18(30-14)31-11-4-5-12(19)13(20)6-11/h4-6,14-18H,7H2,1-3H3/t14?,15-,16-,17?,18+/m0/s1. The van der Waals surface area contributed by atoms with Crippen LogP contribution in [-0.2, 0) is 33.3 Å². The minimum Gasteiger partial charge on any atom is -0.463 e. The molecule has 0 N–H and O–H groups in total. The van der Waals surface area contributed by atoms with Gasteiger partial charge in [-0.25, -0.2) is 0 Å². The van der Waals surface area contributed by atoms with Crippen LogP contribution in [0.25, 0.3) is 10.4 Å². The maximum atomic E-state index is 11.7. The van der Waals surface area contributed by atoms with Gasteiger partial charge in [-0.2, -0.15) is 0 Å². The van der Waals surface area contributed by atoms with Crippen molar-refractivity contribution in [2.45, 2.75) is 55.5 Å². The Bertz CT molecular complexity index is 897. The number of hydrogen-bond acceptors (Lipinski definition) is 9. The highest BCUT2D eigenvalue weighted by atomic mass is 35.5. The van der Waals surface area contributed by atoms with Gasteiger partial charge < -0.3 is 18.9 Å². The van der Waals surface area contributed by atoms with E-state index in [1.165, 1.54) is 13.8 Å². The maximum absolute atomic E-state index is 11.7. The molecule has 0 aromatic heterocycles. The first-order valence-corrected chi connectivity index (χ1v) is 10.5. The maximum Gasteiger partial charge on any atom is 0.303 e. The quantitative estimate of drug-likeness (QED) is 0.184. The smallest absolute Gasteiger partial charge is 0.303 e. The normalized spacial score (nSPS) is 25.1. The third-order valence-corrected chi connectivity index (χ3v) is 5.88. The topological polar surface area (TPSA) is 137 Å². The summed E-state index contributed by atoms with van der Waals surface area (Å²) in [7, 11) is 0. The van der Waals surface area contributed by atoms with E-state index in [0.29, 0.717) is 14.9 Å². The van der Waals surface area contributed by atoms with Crippen molar-refractivity contribution < 1.29 is 33.3 Å². The van der Waals surface area contributed by atoms with Gasteiger partial charge in [0.15, 0.2) is 0 Å². The van der Waals surface area contributed by atoms with Gasteiger partial charge in [0.2, 0.25) is 0 Å². The second-order valence-corrected chi connectivity index (χ2v) is 8.37. The molecule has 1 fully saturated rings. The Morgan fingerprint density at radius 2 is 1.74 bits per heavy atom. The van der Waals surface area contributed by atoms with Gasteiger partial charge in [0, 0.05) is 30.6 Å². The summed E-state index contributed by atoms with van der Waals surface area (Å²) in [5.74, 6) is -1.93. The number of rotatable bonds is 7. The highest BCUT2D eigenvalue weighted by Gasteiger charge is 2.50. The van der Waals surface area contributed by atoms with E-state index >= 15 is 0 Å². The molecule has 2 rings (SSSR count). The molecule has 5 atom stereocenters. The van der Waals surface area contributed by atoms with Gasteiger partial charge in [-0.3, -0.25) is 14.4 Å². The molecule has 2 unspecified atom stereocenters. The van der Waals surface area contributed by atoms with Crippen LogP contribution in [0.15, 0.2) is 28.2 Å². The lowest BCUT2D eigenvalue weighted by Crippen LogP contribution is -2.59. The number of esters is 3. The van der Waals surface area contributed by atoms with E-state index in [9.17, 15) is 14.4 Å². The van der Waals surface area contributed by atoms with E-state index in [-0.39, 0.29) is 6.61 Å². The highest BCUT2D eigenvalue weighted by Crippen LogP contribution is 2.39. The zero-order valence-electron chi connectivity index (χ0n) is 16.7. The summed E-state index contributed by atoms with van der Waals surface area (Å²) in [6, 6.07) is 3.70. The van der Waals surface area contributed by atoms with Crippen LogP contribution in [0.4, 0.5) is 0 Å². The van der Waals surface area contributed by atoms with Crippen molar-refractivity contribution in [3.8, 4) is 0 Å². The Morgan fingerprint density at radius 1 is 1.10 bits per heavy atom. The van der Waals surface area contributed by atoms with E-state index in [1.54, 1.807) is 18.2 Å². The molecule has 1 aliphatic heterocycles. The van der Waals surface area contributed by atoms with Gasteiger partial charge in [-0.05, 0) is 23.7 Å². The number of benzene rings is 1. The molecule has 0 bridgehead atoms. The highest BCUT2D eigenvalue weighted by molar-refractivity contribution is 7.99. The second kappa shape index (κ2) is 11.4. The Hall–Kier alpha value is -2.17. The number of carbonyl (C=O) groups is 3. The van der Waals surface area contributed by atoms with Crippen molar-refractivity contribution in [3.05, 3.63) is 38.7 Å². The first kappa shape index (κ1) is 25.1. The van der Waals surface area contributed by atoms with Crippen LogP contribution in [-0.4, -0.2) is 54.3 Å². The van der Waals surface area contributed by atoms with E-state index < -0.39 is 47.7 Å². The SMILES string of the molecule is CC(=O)OCC1O[C@H](Sc2ccc(Cl)c(Cl)c2)C(OC(C)=O)[C@@H](N=[N+]=[N-])[C@H]1OC(C)=O. The zero-order chi connectivity index (χ0) is 23.1. The van der Waals surface area contributed by atoms with E-state index in [0.717, 1.165) is 18.7 Å². The van der Waals surface area contributed by atoms with Crippen LogP contribution in [0, 0.1) is 0 Å². The van der Waals surface area contributed by atoms with E-state index in [2.05, 4.69) is 10.0 Å². The van der Waals surface area contributed by atoms with Crippen molar-refractivity contribution in [2.24, 2.45) is 5.11 Å². The van der Waals surface area contributed by atoms with Crippen LogP contribution >= 0.6 is 35.0 Å². The summed E-state index contributed by atoms with van der Waals surface area (Å²) in [6.45, 7) is 3.27. The second-order valence-electron chi connectivity index (χ2n) is 6.38. The van der Waals surface area contributed by atoms with Crippen molar-refractivity contribution in [2.75, 3.05) is 6.61 Å². The summed E-state index contributed by atoms with van der Waals surface area (Å²) >= 11 is 13.1. The molecular weight excluding hydrogens is 473 g/mol. The van der Waals surface area contributed by atoms with Gasteiger partial charge in [0.1, 0.15) is 36.4 Å². The summed E-state index contributed by atoms with van der Waals surface area (Å²) < 4.78 is 21.7. The summed E-state index contributed by atoms with van der Waals surface area (Å²) in [5, 5.41) is 4.35. The summed E-state index contributed by atoms with van der Waals surface area (Å²) in [4.78, 5) is 38.1. The lowest BCUT2D eigenvalue weighted by Gasteiger charge is -2.43. The van der Waals surface area contributed by atoms with Gasteiger partial charge in [0.05, 0.1) is 10.0 Å². The molecule has 1 aromatic carbocycles. The molecule has 0 saturated carbocycles. The fourth-order valence-corrected chi connectivity index (χ4v) is 4.37. The lowest BCUT2D eigenvalue weighted by atomic mass is 9.97. The zero-order valence-corrected chi connectivity index (χ0v) is 19.0. The summed E-state index contributed by atoms with van der Waals surface area (Å²) in [5.41, 5.74) is 8.17. The van der Waals surface area contributed by atoms with Crippen molar-refractivity contribution in [3.63, 3.8) is 0 Å². The molecule has 31 heavy (non-hydrogen) atoms. The Balaban J connectivity index is 2.44. The molecule has 168 valence electrons. The van der Waals surface area contributed by atoms with Gasteiger partial charge in [-0.15, -0.1) is 0 Å². The van der Waals surface area contributed by atoms with Gasteiger partial charge in [-0.1, -0.05) is 40.1 Å². The molecule has 0 amide bonds. The number of halogens is 2. The number of thioether (sulfide) groups is 1. The first-order valence-electron chi connectivity index (χ1n) is 8.91. The van der Waals surface area contributed by atoms with E-state index in [1.807, 2.05) is 0 Å². The molecule has 0 aliphatic carbocycles. The number of ether oxygens (including phenoxy) is 4. The fourth-order valence-electron chi connectivity index (χ4n) is 2.85. The lowest BCUT2D eigenvalue weighted by molar-refractivity contribution is -0.201. The minimum atomic E-state index is -1.16. The number of azide groups is 1. The van der Waals surface area contributed by atoms with Crippen LogP contribution in [0.1, 0.15) is 20.8 Å². The van der Waals surface area contributed by atoms with Crippen LogP contribution < -0.4 is 0 Å². The third kappa shape index (κ3) is 7.19. The molecule has 13 heteroatoms. The predicted octanol–water partition coefficient (Wildman–Crippen LogP) is 3.92. The van der Waals surface area contributed by atoms with Gasteiger partial charge >= 0.3 is 17.9 Å². The molecule has 1 aromatic rings. The number of carbonyl (C=O) groups excluding carboxylic acids is 3. The Labute approximate surface area is 192 Å². The number of nitrogens with zero attached hydrogens (tertiary/aromatic N) is 3. The third-order valence-electron chi connectivity index (χ3n) is 4.00. The average Bonchev–Trinajstić information content (AvgIpc) is 2.67. The van der Waals surface area contributed by atoms with Crippen LogP contribution in [0.3, 0.4) is 0 Å². The molecule has 1 heterocycles. The molecule has 10 nitrogen and oxygen atoms in total. The van der Waals surface area contributed by atoms with Crippen molar-refractivity contribution in [1.29, 1.82) is 0 Å². The minimum absolute atomic E-state index is 0.282. The van der Waals surface area contributed by atoms with Crippen molar-refractivity contribution in [1.82, 2.24) is 0 Å². The molecule has 1 aliphatic rings. The van der Waals surface area contributed by atoms with E-state index in [4.69, 9.17) is 47.7 Å². The average molecular weight is 492 g/mol. The Kier molecular flexibility index (Phi) is 9.27. The molecule has 1 saturated heterocycles. The summed E-state index contributed by atoms with van der Waals surface area (Å²) in [6.07, 6.45) is -3.27. The predicted molar refractivity (Wildman–Crippen MR) is 112 cm³/mol. The fraction of sp³-hybridized carbons (Fsp3) is 0.500. The largest absolute Gasteiger partial charge is 0.463 e. The molecular formula is C18H19Cl2N3O7S. The molecule has 0 spiro atoms. The van der Waals surface area contributed by atoms with Gasteiger partial charge in [0.25, 0.3) is 0 Å². The van der Waals surface area contributed by atoms with Crippen LogP contribution in [0.5, 0.6) is 0 Å².